The number of aliphatic hydroxyl groups excluding tert-OH is 1. The molecular weight excluding hydrogens is 620 g/mol. The van der Waals surface area contributed by atoms with Gasteiger partial charge in [0, 0.05) is 16.9 Å². The molecule has 0 heterocycles. The first-order valence-electron chi connectivity index (χ1n) is 17.7. The third-order valence-corrected chi connectivity index (χ3v) is 14.5. The standard InChI is InChI=1S/C38H60N2O6.K/c1-32(2,3)39-28(43)21-40(22-29(44)45)31(46)35(7)16-15-34(6)17-18-37(9)23(24(34)20-35)19-25(41)30-36(8)13-12-27(42)33(4,5)26(36)11-14-38(30,37)10;/h19,24,26-27,30,42H,11-18,20-22H2,1-10H3,(H,39,43)(H,44,45);/q;+1/p-1/t24-,26-,27-,30+,34+,35-,36-,37+,38+;/m0./s1. The normalized spacial score (nSPS) is 42.3. The molecular formula is C38H59KN2O6. The monoisotopic (exact) mass is 678 g/mol. The van der Waals surface area contributed by atoms with Crippen molar-refractivity contribution in [1.29, 1.82) is 0 Å². The molecule has 4 saturated carbocycles. The summed E-state index contributed by atoms with van der Waals surface area (Å²) in [6.07, 6.45) is 8.99. The van der Waals surface area contributed by atoms with E-state index in [1.807, 2.05) is 33.8 Å². The van der Waals surface area contributed by atoms with Gasteiger partial charge in [0.25, 0.3) is 0 Å². The maximum absolute atomic E-state index is 14.6. The molecule has 0 unspecified atom stereocenters. The molecule has 2 amide bonds. The molecule has 258 valence electrons. The fraction of sp³-hybridized carbons (Fsp3) is 0.842. The topological polar surface area (TPSA) is 127 Å². The first-order chi connectivity index (χ1) is 20.9. The molecule has 0 spiro atoms. The number of rotatable bonds is 5. The molecule has 0 aromatic heterocycles. The second-order valence-electron chi connectivity index (χ2n) is 19.0. The van der Waals surface area contributed by atoms with Crippen LogP contribution in [0.15, 0.2) is 11.6 Å². The molecule has 9 atom stereocenters. The van der Waals surface area contributed by atoms with Crippen molar-refractivity contribution in [2.45, 2.75) is 139 Å². The first kappa shape index (κ1) is 39.2. The number of allylic oxidation sites excluding steroid dienone is 2. The summed E-state index contributed by atoms with van der Waals surface area (Å²) >= 11 is 0. The van der Waals surface area contributed by atoms with Crippen molar-refractivity contribution in [1.82, 2.24) is 10.2 Å². The zero-order chi connectivity index (χ0) is 34.5. The average Bonchev–Trinajstić information content (AvgIpc) is 2.91. The third-order valence-electron chi connectivity index (χ3n) is 14.5. The summed E-state index contributed by atoms with van der Waals surface area (Å²) in [5.41, 5.74) is -1.21. The van der Waals surface area contributed by atoms with Crippen LogP contribution in [-0.4, -0.2) is 58.3 Å². The molecule has 0 radical (unpaired) electrons. The summed E-state index contributed by atoms with van der Waals surface area (Å²) in [5.74, 6) is -1.79. The smallest absolute Gasteiger partial charge is 0.548 e. The van der Waals surface area contributed by atoms with Crippen molar-refractivity contribution in [2.75, 3.05) is 13.1 Å². The number of carbonyl (C=O) groups excluding carboxylic acids is 4. The van der Waals surface area contributed by atoms with Crippen LogP contribution in [0.2, 0.25) is 0 Å². The van der Waals surface area contributed by atoms with Crippen LogP contribution in [0.25, 0.3) is 0 Å². The number of nitrogens with one attached hydrogen (secondary N) is 1. The van der Waals surface area contributed by atoms with E-state index in [0.717, 1.165) is 43.4 Å². The van der Waals surface area contributed by atoms with E-state index in [0.29, 0.717) is 19.3 Å². The van der Waals surface area contributed by atoms with Crippen LogP contribution < -0.4 is 61.8 Å². The van der Waals surface area contributed by atoms with E-state index >= 15 is 0 Å². The molecule has 2 N–H and O–H groups in total. The molecule has 5 aliphatic carbocycles. The van der Waals surface area contributed by atoms with E-state index in [4.69, 9.17) is 0 Å². The fourth-order valence-corrected chi connectivity index (χ4v) is 11.7. The number of carboxylic acids is 1. The zero-order valence-corrected chi connectivity index (χ0v) is 34.2. The zero-order valence-electron chi connectivity index (χ0n) is 31.1. The fourth-order valence-electron chi connectivity index (χ4n) is 11.7. The Hall–Kier alpha value is -0.584. The maximum Gasteiger partial charge on any atom is 1.00 e. The second kappa shape index (κ2) is 12.6. The average molecular weight is 679 g/mol. The van der Waals surface area contributed by atoms with Crippen molar-refractivity contribution in [2.24, 2.45) is 50.2 Å². The van der Waals surface area contributed by atoms with Crippen molar-refractivity contribution in [3.05, 3.63) is 11.6 Å². The number of ketones is 1. The Morgan fingerprint density at radius 1 is 0.936 bits per heavy atom. The number of carboxylic acid groups (broad SMARTS) is 1. The molecule has 0 aliphatic heterocycles. The van der Waals surface area contributed by atoms with Gasteiger partial charge >= 0.3 is 51.4 Å². The molecule has 47 heavy (non-hydrogen) atoms. The summed E-state index contributed by atoms with van der Waals surface area (Å²) in [5, 5.41) is 25.6. The van der Waals surface area contributed by atoms with Crippen LogP contribution in [0.3, 0.4) is 0 Å². The first-order valence-corrected chi connectivity index (χ1v) is 17.7. The van der Waals surface area contributed by atoms with Crippen molar-refractivity contribution in [3.8, 4) is 0 Å². The molecule has 0 aromatic rings. The number of fused-ring (bicyclic) bond motifs is 7. The minimum absolute atomic E-state index is 0. The Labute approximate surface area is 325 Å². The summed E-state index contributed by atoms with van der Waals surface area (Å²) in [4.78, 5) is 54.6. The van der Waals surface area contributed by atoms with E-state index in [2.05, 4.69) is 46.9 Å². The van der Waals surface area contributed by atoms with Gasteiger partial charge < -0.3 is 25.2 Å². The number of carbonyl (C=O) groups is 4. The van der Waals surface area contributed by atoms with Gasteiger partial charge in [-0.05, 0) is 124 Å². The Morgan fingerprint density at radius 3 is 2.15 bits per heavy atom. The van der Waals surface area contributed by atoms with E-state index in [-0.39, 0.29) is 121 Å². The Balaban J connectivity index is 0.00000500. The van der Waals surface area contributed by atoms with Crippen LogP contribution in [0.5, 0.6) is 0 Å². The van der Waals surface area contributed by atoms with Gasteiger partial charge in [0.1, 0.15) is 0 Å². The summed E-state index contributed by atoms with van der Waals surface area (Å²) in [7, 11) is 0. The van der Waals surface area contributed by atoms with Gasteiger partial charge in [-0.3, -0.25) is 14.4 Å². The van der Waals surface area contributed by atoms with Gasteiger partial charge in [0.05, 0.1) is 25.2 Å². The minimum Gasteiger partial charge on any atom is -0.548 e. The molecule has 5 aliphatic rings. The molecule has 0 bridgehead atoms. The van der Waals surface area contributed by atoms with Crippen LogP contribution in [-0.2, 0) is 19.2 Å². The van der Waals surface area contributed by atoms with E-state index < -0.39 is 29.4 Å². The van der Waals surface area contributed by atoms with E-state index in [1.165, 1.54) is 5.57 Å². The molecule has 5 rings (SSSR count). The van der Waals surface area contributed by atoms with Crippen LogP contribution in [0.4, 0.5) is 0 Å². The van der Waals surface area contributed by atoms with Gasteiger partial charge in [-0.1, -0.05) is 54.0 Å². The van der Waals surface area contributed by atoms with E-state index in [1.54, 1.807) is 0 Å². The van der Waals surface area contributed by atoms with Gasteiger partial charge in [-0.2, -0.15) is 0 Å². The number of hydrogen-bond donors (Lipinski definition) is 2. The quantitative estimate of drug-likeness (QED) is 0.428. The van der Waals surface area contributed by atoms with Gasteiger partial charge in [-0.25, -0.2) is 0 Å². The number of hydrogen-bond acceptors (Lipinski definition) is 6. The second-order valence-corrected chi connectivity index (χ2v) is 19.0. The number of amides is 2. The summed E-state index contributed by atoms with van der Waals surface area (Å²) in [6, 6.07) is 0. The molecule has 4 fully saturated rings. The third kappa shape index (κ3) is 6.32. The van der Waals surface area contributed by atoms with Crippen LogP contribution in [0.1, 0.15) is 127 Å². The van der Waals surface area contributed by atoms with Crippen molar-refractivity contribution in [3.63, 3.8) is 0 Å². The number of aliphatic carboxylic acids is 1. The predicted molar refractivity (Wildman–Crippen MR) is 175 cm³/mol. The molecule has 9 heteroatoms. The van der Waals surface area contributed by atoms with Gasteiger partial charge in [-0.15, -0.1) is 0 Å². The van der Waals surface area contributed by atoms with Crippen LogP contribution in [0, 0.1) is 50.2 Å². The summed E-state index contributed by atoms with van der Waals surface area (Å²) in [6.45, 7) is 20.2. The minimum atomic E-state index is -1.39. The molecule has 8 nitrogen and oxygen atoms in total. The Kier molecular flexibility index (Phi) is 10.5. The molecule has 0 aromatic carbocycles. The molecule has 0 saturated heterocycles. The number of aliphatic hydroxyl groups is 1. The van der Waals surface area contributed by atoms with Gasteiger partial charge in [0.2, 0.25) is 11.8 Å². The van der Waals surface area contributed by atoms with Crippen molar-refractivity contribution < 1.29 is 80.8 Å². The Bertz CT molecular complexity index is 1350. The van der Waals surface area contributed by atoms with E-state index in [9.17, 15) is 29.4 Å². The predicted octanol–water partition coefficient (Wildman–Crippen LogP) is 1.83. The summed E-state index contributed by atoms with van der Waals surface area (Å²) < 4.78 is 0. The van der Waals surface area contributed by atoms with Crippen molar-refractivity contribution >= 4 is 23.6 Å². The van der Waals surface area contributed by atoms with Gasteiger partial charge in [0.15, 0.2) is 5.78 Å². The largest absolute Gasteiger partial charge is 1.00 e. The Morgan fingerprint density at radius 2 is 1.55 bits per heavy atom. The SMILES string of the molecule is CC(C)(C)NC(=O)CN(CC(=O)[O-])C(=O)[C@@]1(C)CC[C@]2(C)CC[C@]3(C)C(=CC(=O)[C@@H]4[C@@]5(C)CC[C@H](O)C(C)(C)[C@@H]5CC[C@]43C)[C@@H]2C1.[K+]. The number of nitrogens with zero attached hydrogens (tertiary/aromatic N) is 1. The maximum atomic E-state index is 14.6. The van der Waals surface area contributed by atoms with Crippen LogP contribution >= 0.6 is 0 Å².